The number of aryl methyl sites for hydroxylation is 1. The number of thioether (sulfide) groups is 1. The maximum atomic E-state index is 10.2. The van der Waals surface area contributed by atoms with E-state index in [2.05, 4.69) is 20.2 Å². The summed E-state index contributed by atoms with van der Waals surface area (Å²) in [6.45, 7) is 0. The number of fused-ring (bicyclic) bond motifs is 1. The molecule has 3 aromatic rings. The predicted molar refractivity (Wildman–Crippen MR) is 83.0 cm³/mol. The molecule has 0 aliphatic heterocycles. The number of aromatic nitrogens is 5. The fourth-order valence-corrected chi connectivity index (χ4v) is 2.70. The average molecular weight is 312 g/mol. The molecule has 0 aliphatic rings. The number of aliphatic hydroxyl groups is 1. The summed E-state index contributed by atoms with van der Waals surface area (Å²) in [5.74, 6) is 0.529. The number of hydrogen-bond acceptors (Lipinski definition) is 6. The quantitative estimate of drug-likeness (QED) is 0.435. The van der Waals surface area contributed by atoms with Crippen LogP contribution in [0, 0.1) is 11.3 Å². The maximum absolute atomic E-state index is 10.2. The standard InChI is InChI=1S/C14H12N6OS/c1-20-8-16-19-14(20)22-7-12(21)9(6-15)13-17-10-4-2-3-5-11(10)18-13/h2-5,8,21H,7H2,1H3,(H,17,18)/b12-9-. The van der Waals surface area contributed by atoms with Gasteiger partial charge in [-0.2, -0.15) is 5.26 Å². The Morgan fingerprint density at radius 2 is 2.27 bits per heavy atom. The van der Waals surface area contributed by atoms with Crippen LogP contribution in [-0.4, -0.2) is 35.6 Å². The minimum absolute atomic E-state index is 0.0467. The molecule has 0 bridgehead atoms. The number of aliphatic hydroxyl groups excluding tert-OH is 1. The van der Waals surface area contributed by atoms with Gasteiger partial charge in [-0.05, 0) is 12.1 Å². The SMILES string of the molecule is Cn1cnnc1SC/C(O)=C(\C#N)c1nc2ccccc2[nH]1. The molecule has 2 N–H and O–H groups in total. The van der Waals surface area contributed by atoms with Crippen LogP contribution in [0.25, 0.3) is 16.6 Å². The Balaban J connectivity index is 1.88. The molecule has 110 valence electrons. The van der Waals surface area contributed by atoms with Gasteiger partial charge in [-0.15, -0.1) is 10.2 Å². The van der Waals surface area contributed by atoms with Crippen LogP contribution >= 0.6 is 11.8 Å². The first kappa shape index (κ1) is 14.2. The first-order chi connectivity index (χ1) is 10.7. The van der Waals surface area contributed by atoms with Crippen LogP contribution in [0.2, 0.25) is 0 Å². The van der Waals surface area contributed by atoms with Gasteiger partial charge < -0.3 is 14.7 Å². The van der Waals surface area contributed by atoms with Crippen molar-refractivity contribution in [2.75, 3.05) is 5.75 Å². The molecule has 7 nitrogen and oxygen atoms in total. The fraction of sp³-hybridized carbons (Fsp3) is 0.143. The molecule has 0 amide bonds. The van der Waals surface area contributed by atoms with E-state index in [-0.39, 0.29) is 17.1 Å². The van der Waals surface area contributed by atoms with E-state index >= 15 is 0 Å². The van der Waals surface area contributed by atoms with Crippen LogP contribution < -0.4 is 0 Å². The second kappa shape index (κ2) is 5.91. The number of rotatable bonds is 4. The minimum Gasteiger partial charge on any atom is -0.510 e. The maximum Gasteiger partial charge on any atom is 0.191 e. The van der Waals surface area contributed by atoms with Crippen molar-refractivity contribution >= 4 is 28.4 Å². The summed E-state index contributed by atoms with van der Waals surface area (Å²) in [4.78, 5) is 7.37. The van der Waals surface area contributed by atoms with Gasteiger partial charge in [-0.3, -0.25) is 0 Å². The molecular weight excluding hydrogens is 300 g/mol. The summed E-state index contributed by atoms with van der Waals surface area (Å²) in [5, 5.41) is 27.9. The second-order valence-electron chi connectivity index (χ2n) is 4.55. The molecule has 1 aromatic carbocycles. The Labute approximate surface area is 130 Å². The van der Waals surface area contributed by atoms with Crippen LogP contribution in [0.5, 0.6) is 0 Å². The van der Waals surface area contributed by atoms with Crippen LogP contribution in [0.15, 0.2) is 41.5 Å². The van der Waals surface area contributed by atoms with Gasteiger partial charge in [0.15, 0.2) is 11.0 Å². The number of nitriles is 1. The van der Waals surface area contributed by atoms with Gasteiger partial charge in [0.25, 0.3) is 0 Å². The number of aromatic amines is 1. The molecule has 2 aromatic heterocycles. The molecule has 22 heavy (non-hydrogen) atoms. The number of hydrogen-bond donors (Lipinski definition) is 2. The van der Waals surface area contributed by atoms with Gasteiger partial charge in [-0.25, -0.2) is 4.98 Å². The molecule has 0 spiro atoms. The van der Waals surface area contributed by atoms with Gasteiger partial charge in [0, 0.05) is 7.05 Å². The van der Waals surface area contributed by atoms with E-state index in [4.69, 9.17) is 0 Å². The first-order valence-corrected chi connectivity index (χ1v) is 7.41. The lowest BCUT2D eigenvalue weighted by Crippen LogP contribution is -1.97. The molecule has 8 heteroatoms. The number of nitrogens with zero attached hydrogens (tertiary/aromatic N) is 5. The van der Waals surface area contributed by atoms with Gasteiger partial charge in [0.2, 0.25) is 0 Å². The number of benzene rings is 1. The number of allylic oxidation sites excluding steroid dienone is 1. The van der Waals surface area contributed by atoms with Crippen LogP contribution in [0.3, 0.4) is 0 Å². The zero-order chi connectivity index (χ0) is 15.5. The number of para-hydroxylation sites is 2. The molecule has 0 atom stereocenters. The zero-order valence-corrected chi connectivity index (χ0v) is 12.5. The molecule has 3 rings (SSSR count). The molecule has 0 radical (unpaired) electrons. The van der Waals surface area contributed by atoms with Crippen molar-refractivity contribution in [3.63, 3.8) is 0 Å². The normalized spacial score (nSPS) is 12.2. The third-order valence-corrected chi connectivity index (χ3v) is 4.08. The first-order valence-electron chi connectivity index (χ1n) is 6.43. The minimum atomic E-state index is -0.0467. The summed E-state index contributed by atoms with van der Waals surface area (Å²) < 4.78 is 1.74. The van der Waals surface area contributed by atoms with Gasteiger partial charge >= 0.3 is 0 Å². The molecule has 0 aliphatic carbocycles. The molecule has 0 saturated heterocycles. The van der Waals surface area contributed by atoms with Gasteiger partial charge in [0.05, 0.1) is 16.8 Å². The lowest BCUT2D eigenvalue weighted by atomic mass is 10.2. The molecule has 2 heterocycles. The smallest absolute Gasteiger partial charge is 0.191 e. The van der Waals surface area contributed by atoms with E-state index in [0.29, 0.717) is 11.0 Å². The van der Waals surface area contributed by atoms with Crippen LogP contribution in [0.1, 0.15) is 5.82 Å². The van der Waals surface area contributed by atoms with Crippen molar-refractivity contribution in [3.05, 3.63) is 42.2 Å². The molecular formula is C14H12N6OS. The predicted octanol–water partition coefficient (Wildman–Crippen LogP) is 2.28. The lowest BCUT2D eigenvalue weighted by molar-refractivity contribution is 0.420. The van der Waals surface area contributed by atoms with E-state index in [0.717, 1.165) is 11.0 Å². The number of nitrogens with one attached hydrogen (secondary N) is 1. The summed E-state index contributed by atoms with van der Waals surface area (Å²) in [7, 11) is 1.81. The highest BCUT2D eigenvalue weighted by atomic mass is 32.2. The Morgan fingerprint density at radius 3 is 2.95 bits per heavy atom. The van der Waals surface area contributed by atoms with Gasteiger partial charge in [0.1, 0.15) is 23.7 Å². The van der Waals surface area contributed by atoms with E-state index in [9.17, 15) is 10.4 Å². The fourth-order valence-electron chi connectivity index (χ4n) is 1.93. The van der Waals surface area contributed by atoms with E-state index < -0.39 is 0 Å². The summed E-state index contributed by atoms with van der Waals surface area (Å²) in [6, 6.07) is 9.46. The Kier molecular flexibility index (Phi) is 3.80. The van der Waals surface area contributed by atoms with Crippen molar-refractivity contribution in [3.8, 4) is 6.07 Å². The monoisotopic (exact) mass is 312 g/mol. The van der Waals surface area contributed by atoms with Gasteiger partial charge in [-0.1, -0.05) is 23.9 Å². The summed E-state index contributed by atoms with van der Waals surface area (Å²) >= 11 is 1.30. The van der Waals surface area contributed by atoms with E-state index in [1.165, 1.54) is 11.8 Å². The summed E-state index contributed by atoms with van der Waals surface area (Å²) in [6.07, 6.45) is 1.58. The van der Waals surface area contributed by atoms with Crippen molar-refractivity contribution < 1.29 is 5.11 Å². The van der Waals surface area contributed by atoms with E-state index in [1.54, 1.807) is 10.9 Å². The zero-order valence-electron chi connectivity index (χ0n) is 11.7. The highest BCUT2D eigenvalue weighted by molar-refractivity contribution is 7.99. The van der Waals surface area contributed by atoms with Crippen LogP contribution in [-0.2, 0) is 7.05 Å². The van der Waals surface area contributed by atoms with Crippen molar-refractivity contribution in [1.82, 2.24) is 24.7 Å². The third-order valence-electron chi connectivity index (χ3n) is 3.03. The Bertz CT molecular complexity index is 855. The molecule has 0 unspecified atom stereocenters. The highest BCUT2D eigenvalue weighted by Crippen LogP contribution is 2.23. The summed E-state index contributed by atoms with van der Waals surface area (Å²) in [5.41, 5.74) is 1.70. The second-order valence-corrected chi connectivity index (χ2v) is 5.49. The third kappa shape index (κ3) is 2.66. The number of H-pyrrole nitrogens is 1. The molecule has 0 fully saturated rings. The highest BCUT2D eigenvalue weighted by Gasteiger charge is 2.14. The van der Waals surface area contributed by atoms with Crippen molar-refractivity contribution in [2.45, 2.75) is 5.16 Å². The van der Waals surface area contributed by atoms with E-state index in [1.807, 2.05) is 37.4 Å². The largest absolute Gasteiger partial charge is 0.510 e. The Morgan fingerprint density at radius 1 is 1.45 bits per heavy atom. The van der Waals surface area contributed by atoms with Crippen LogP contribution in [0.4, 0.5) is 0 Å². The topological polar surface area (TPSA) is 103 Å². The number of imidazole rings is 1. The Hall–Kier alpha value is -2.79. The average Bonchev–Trinajstić information content (AvgIpc) is 3.11. The van der Waals surface area contributed by atoms with Crippen molar-refractivity contribution in [2.24, 2.45) is 7.05 Å². The molecule has 0 saturated carbocycles. The van der Waals surface area contributed by atoms with Crippen molar-refractivity contribution in [1.29, 1.82) is 5.26 Å². The lowest BCUT2D eigenvalue weighted by Gasteiger charge is -2.02.